The molecule has 1 aliphatic heterocycles. The van der Waals surface area contributed by atoms with Crippen LogP contribution in [0.2, 0.25) is 0 Å². The average molecular weight is 433 g/mol. The molecule has 32 heavy (non-hydrogen) atoms. The van der Waals surface area contributed by atoms with Crippen molar-refractivity contribution in [1.29, 1.82) is 0 Å². The Bertz CT molecular complexity index is 1160. The number of benzene rings is 3. The number of hydrogen-bond acceptors (Lipinski definition) is 5. The van der Waals surface area contributed by atoms with E-state index in [1.165, 1.54) is 25.2 Å². The van der Waals surface area contributed by atoms with E-state index in [-0.39, 0.29) is 11.5 Å². The Kier molecular flexibility index (Phi) is 5.73. The fourth-order valence-electron chi connectivity index (χ4n) is 4.12. The average Bonchev–Trinajstić information content (AvgIpc) is 2.81. The molecule has 1 amide bonds. The van der Waals surface area contributed by atoms with E-state index in [4.69, 9.17) is 14.2 Å². The highest BCUT2D eigenvalue weighted by Crippen LogP contribution is 2.46. The number of likely N-dealkylation sites (N-methyl/N-ethyl adjacent to an activating group) is 1. The Morgan fingerprint density at radius 2 is 1.56 bits per heavy atom. The van der Waals surface area contributed by atoms with Gasteiger partial charge in [-0.1, -0.05) is 30.3 Å². The maximum Gasteiger partial charge on any atom is 0.313 e. The van der Waals surface area contributed by atoms with Crippen molar-refractivity contribution in [3.63, 3.8) is 0 Å². The van der Waals surface area contributed by atoms with Crippen molar-refractivity contribution in [2.75, 3.05) is 21.3 Å². The molecule has 0 saturated heterocycles. The maximum absolute atomic E-state index is 13.2. The van der Waals surface area contributed by atoms with E-state index in [1.54, 1.807) is 37.4 Å². The van der Waals surface area contributed by atoms with Gasteiger partial charge in [0.25, 0.3) is 5.91 Å². The van der Waals surface area contributed by atoms with Crippen LogP contribution in [0.1, 0.15) is 33.4 Å². The minimum absolute atomic E-state index is 0.283. The molecule has 0 fully saturated rings. The summed E-state index contributed by atoms with van der Waals surface area (Å²) < 4.78 is 16.6. The number of hydrogen-bond donors (Lipinski definition) is 1. The molecule has 0 bridgehead atoms. The Labute approximate surface area is 185 Å². The lowest BCUT2D eigenvalue weighted by atomic mass is 9.79. The summed E-state index contributed by atoms with van der Waals surface area (Å²) >= 11 is 0. The van der Waals surface area contributed by atoms with Gasteiger partial charge in [0.15, 0.2) is 11.5 Å². The molecule has 0 saturated carbocycles. The van der Waals surface area contributed by atoms with Gasteiger partial charge in [-0.2, -0.15) is 0 Å². The maximum atomic E-state index is 13.2. The Hall–Kier alpha value is -4.00. The number of fused-ring (bicyclic) bond motifs is 1. The van der Waals surface area contributed by atoms with E-state index < -0.39 is 17.9 Å². The van der Waals surface area contributed by atoms with Crippen LogP contribution in [-0.2, 0) is 4.79 Å². The fourth-order valence-corrected chi connectivity index (χ4v) is 4.12. The van der Waals surface area contributed by atoms with Gasteiger partial charge in [0.1, 0.15) is 17.4 Å². The third-order valence-electron chi connectivity index (χ3n) is 5.62. The summed E-state index contributed by atoms with van der Waals surface area (Å²) in [4.78, 5) is 27.1. The molecular formula is C25H23NO6. The zero-order valence-electron chi connectivity index (χ0n) is 17.9. The second kappa shape index (κ2) is 8.63. The predicted molar refractivity (Wildman–Crippen MR) is 118 cm³/mol. The predicted octanol–water partition coefficient (Wildman–Crippen LogP) is 4.49. The molecule has 7 heteroatoms. The van der Waals surface area contributed by atoms with Crippen LogP contribution in [0.25, 0.3) is 0 Å². The second-order valence-corrected chi connectivity index (χ2v) is 7.46. The van der Waals surface area contributed by atoms with Crippen LogP contribution in [0.15, 0.2) is 66.7 Å². The number of rotatable bonds is 6. The fraction of sp³-hybridized carbons (Fsp3) is 0.200. The molecule has 7 nitrogen and oxygen atoms in total. The lowest BCUT2D eigenvalue weighted by Crippen LogP contribution is -2.42. The van der Waals surface area contributed by atoms with Gasteiger partial charge in [-0.3, -0.25) is 9.59 Å². The van der Waals surface area contributed by atoms with Crippen LogP contribution in [0.4, 0.5) is 0 Å². The van der Waals surface area contributed by atoms with E-state index >= 15 is 0 Å². The van der Waals surface area contributed by atoms with Gasteiger partial charge in [-0.05, 0) is 47.5 Å². The number of carbonyl (C=O) groups excluding carboxylic acids is 1. The standard InChI is InChI=1S/C25H23NO6/c1-26-23(15-8-7-11-17(12-15)32-16-9-5-4-6-10-16)22(25(28)29)18-13-20(30-2)21(31-3)14-19(18)24(26)27/h4-14,22-23H,1-3H3,(H,28,29)/t22-,23-/m0/s1. The van der Waals surface area contributed by atoms with E-state index in [0.717, 1.165) is 0 Å². The van der Waals surface area contributed by atoms with Crippen LogP contribution in [0.5, 0.6) is 23.0 Å². The number of ether oxygens (including phenoxy) is 3. The molecule has 0 aliphatic carbocycles. The number of nitrogens with zero attached hydrogens (tertiary/aromatic N) is 1. The first kappa shape index (κ1) is 21.2. The van der Waals surface area contributed by atoms with Crippen molar-refractivity contribution >= 4 is 11.9 Å². The summed E-state index contributed by atoms with van der Waals surface area (Å²) in [7, 11) is 4.54. The number of amides is 1. The Balaban J connectivity index is 1.80. The zero-order chi connectivity index (χ0) is 22.8. The molecule has 1 heterocycles. The highest BCUT2D eigenvalue weighted by molar-refractivity contribution is 6.01. The van der Waals surface area contributed by atoms with Crippen molar-refractivity contribution in [2.45, 2.75) is 12.0 Å². The summed E-state index contributed by atoms with van der Waals surface area (Å²) in [5.74, 6) is -0.385. The number of para-hydroxylation sites is 1. The minimum atomic E-state index is -1.04. The highest BCUT2D eigenvalue weighted by atomic mass is 16.5. The van der Waals surface area contributed by atoms with Gasteiger partial charge < -0.3 is 24.2 Å². The topological polar surface area (TPSA) is 85.3 Å². The molecule has 0 spiro atoms. The molecule has 1 aliphatic rings. The third kappa shape index (κ3) is 3.73. The van der Waals surface area contributed by atoms with Crippen LogP contribution in [0, 0.1) is 0 Å². The zero-order valence-corrected chi connectivity index (χ0v) is 17.9. The largest absolute Gasteiger partial charge is 0.493 e. The lowest BCUT2D eigenvalue weighted by Gasteiger charge is -2.39. The SMILES string of the molecule is COc1cc2c(cc1OC)[C@H](C(=O)O)[C@H](c1cccc(Oc3ccccc3)c1)N(C)C2=O. The van der Waals surface area contributed by atoms with E-state index in [2.05, 4.69) is 0 Å². The van der Waals surface area contributed by atoms with E-state index in [1.807, 2.05) is 30.3 Å². The monoisotopic (exact) mass is 433 g/mol. The van der Waals surface area contributed by atoms with Gasteiger partial charge in [0.2, 0.25) is 0 Å². The summed E-state index contributed by atoms with van der Waals surface area (Å²) in [6, 6.07) is 18.8. The molecule has 2 atom stereocenters. The lowest BCUT2D eigenvalue weighted by molar-refractivity contribution is -0.140. The smallest absolute Gasteiger partial charge is 0.313 e. The van der Waals surface area contributed by atoms with Gasteiger partial charge in [-0.15, -0.1) is 0 Å². The summed E-state index contributed by atoms with van der Waals surface area (Å²) in [6.07, 6.45) is 0. The molecule has 4 rings (SSSR count). The molecule has 0 unspecified atom stereocenters. The minimum Gasteiger partial charge on any atom is -0.493 e. The van der Waals surface area contributed by atoms with Gasteiger partial charge in [0.05, 0.1) is 20.3 Å². The first-order valence-electron chi connectivity index (χ1n) is 10.0. The Morgan fingerprint density at radius 3 is 2.22 bits per heavy atom. The number of carbonyl (C=O) groups is 2. The van der Waals surface area contributed by atoms with Crippen molar-refractivity contribution in [1.82, 2.24) is 4.90 Å². The van der Waals surface area contributed by atoms with Crippen molar-refractivity contribution in [2.24, 2.45) is 0 Å². The van der Waals surface area contributed by atoms with Crippen molar-refractivity contribution < 1.29 is 28.9 Å². The van der Waals surface area contributed by atoms with Crippen LogP contribution in [-0.4, -0.2) is 43.2 Å². The normalized spacial score (nSPS) is 17.5. The molecule has 0 radical (unpaired) electrons. The van der Waals surface area contributed by atoms with Crippen LogP contribution in [0.3, 0.4) is 0 Å². The van der Waals surface area contributed by atoms with Gasteiger partial charge in [-0.25, -0.2) is 0 Å². The number of methoxy groups -OCH3 is 2. The Morgan fingerprint density at radius 1 is 0.906 bits per heavy atom. The third-order valence-corrected chi connectivity index (χ3v) is 5.62. The van der Waals surface area contributed by atoms with Gasteiger partial charge >= 0.3 is 5.97 Å². The summed E-state index contributed by atoms with van der Waals surface area (Å²) in [5.41, 5.74) is 1.32. The molecule has 3 aromatic rings. The van der Waals surface area contributed by atoms with Crippen LogP contribution >= 0.6 is 0 Å². The number of carboxylic acid groups (broad SMARTS) is 1. The summed E-state index contributed by atoms with van der Waals surface area (Å²) in [5, 5.41) is 10.2. The summed E-state index contributed by atoms with van der Waals surface area (Å²) in [6.45, 7) is 0. The first-order valence-corrected chi connectivity index (χ1v) is 10.0. The van der Waals surface area contributed by atoms with E-state index in [9.17, 15) is 14.7 Å². The molecule has 3 aromatic carbocycles. The quantitative estimate of drug-likeness (QED) is 0.617. The number of aliphatic carboxylic acids is 1. The van der Waals surface area contributed by atoms with E-state index in [0.29, 0.717) is 34.1 Å². The molecule has 164 valence electrons. The molecular weight excluding hydrogens is 410 g/mol. The van der Waals surface area contributed by atoms with Gasteiger partial charge in [0, 0.05) is 12.6 Å². The van der Waals surface area contributed by atoms with Crippen LogP contribution < -0.4 is 14.2 Å². The van der Waals surface area contributed by atoms with Crippen molar-refractivity contribution in [3.05, 3.63) is 83.4 Å². The molecule has 0 aromatic heterocycles. The highest BCUT2D eigenvalue weighted by Gasteiger charge is 2.43. The van der Waals surface area contributed by atoms with Crippen molar-refractivity contribution in [3.8, 4) is 23.0 Å². The number of carboxylic acids is 1. The second-order valence-electron chi connectivity index (χ2n) is 7.46. The first-order chi connectivity index (χ1) is 15.4. The molecule has 1 N–H and O–H groups in total.